The zero-order chi connectivity index (χ0) is 22.1. The van der Waals surface area contributed by atoms with Crippen LogP contribution in [0.5, 0.6) is 0 Å². The van der Waals surface area contributed by atoms with Gasteiger partial charge >= 0.3 is 0 Å². The number of benzene rings is 1. The van der Waals surface area contributed by atoms with Crippen LogP contribution in [0, 0.1) is 22.7 Å². The average Bonchev–Trinajstić information content (AvgIpc) is 3.01. The van der Waals surface area contributed by atoms with Gasteiger partial charge in [0, 0.05) is 11.0 Å². The van der Waals surface area contributed by atoms with Gasteiger partial charge < -0.3 is 5.32 Å². The third kappa shape index (κ3) is 5.02. The van der Waals surface area contributed by atoms with Crippen LogP contribution in [0.4, 0.5) is 5.00 Å². The van der Waals surface area contributed by atoms with E-state index in [1.165, 1.54) is 10.4 Å². The molecule has 0 unspecified atom stereocenters. The Balaban J connectivity index is 1.72. The van der Waals surface area contributed by atoms with Gasteiger partial charge in [0.2, 0.25) is 5.91 Å². The first-order chi connectivity index (χ1) is 14.0. The molecule has 3 nitrogen and oxygen atoms in total. The number of rotatable bonds is 3. The molecule has 0 saturated heterocycles. The molecule has 1 aromatic heterocycles. The fourth-order valence-electron chi connectivity index (χ4n) is 3.95. The average molecular weight is 421 g/mol. The Morgan fingerprint density at radius 1 is 1.17 bits per heavy atom. The zero-order valence-electron chi connectivity index (χ0n) is 18.9. The van der Waals surface area contributed by atoms with E-state index in [2.05, 4.69) is 65.1 Å². The predicted octanol–water partition coefficient (Wildman–Crippen LogP) is 6.72. The molecule has 0 aliphatic heterocycles. The molecular formula is C26H32N2OS. The molecule has 0 bridgehead atoms. The van der Waals surface area contributed by atoms with Gasteiger partial charge in [0.1, 0.15) is 11.1 Å². The van der Waals surface area contributed by atoms with Gasteiger partial charge in [-0.3, -0.25) is 4.79 Å². The van der Waals surface area contributed by atoms with Crippen LogP contribution in [0.3, 0.4) is 0 Å². The summed E-state index contributed by atoms with van der Waals surface area (Å²) in [5.74, 6) is 0.409. The molecule has 1 aromatic carbocycles. The van der Waals surface area contributed by atoms with Crippen molar-refractivity contribution in [3.8, 4) is 6.07 Å². The summed E-state index contributed by atoms with van der Waals surface area (Å²) in [7, 11) is 0. The van der Waals surface area contributed by atoms with Gasteiger partial charge in [-0.25, -0.2) is 0 Å². The van der Waals surface area contributed by atoms with Gasteiger partial charge in [-0.15, -0.1) is 11.3 Å². The molecule has 1 heterocycles. The Morgan fingerprint density at radius 3 is 2.40 bits per heavy atom. The lowest BCUT2D eigenvalue weighted by atomic mass is 9.72. The van der Waals surface area contributed by atoms with E-state index in [0.717, 1.165) is 30.4 Å². The van der Waals surface area contributed by atoms with E-state index in [1.807, 2.05) is 18.2 Å². The number of fused-ring (bicyclic) bond motifs is 1. The molecule has 0 spiro atoms. The van der Waals surface area contributed by atoms with Crippen molar-refractivity contribution in [3.05, 3.63) is 57.5 Å². The van der Waals surface area contributed by atoms with Crippen LogP contribution in [0.15, 0.2) is 30.3 Å². The highest BCUT2D eigenvalue weighted by Gasteiger charge is 2.32. The van der Waals surface area contributed by atoms with Gasteiger partial charge in [-0.2, -0.15) is 5.26 Å². The quantitative estimate of drug-likeness (QED) is 0.560. The lowest BCUT2D eigenvalue weighted by Gasteiger charge is -2.33. The molecule has 3 rings (SSSR count). The fraction of sp³-hybridized carbons (Fsp3) is 0.462. The van der Waals surface area contributed by atoms with E-state index in [-0.39, 0.29) is 16.7 Å². The number of carbonyl (C=O) groups is 1. The monoisotopic (exact) mass is 420 g/mol. The molecule has 4 heteroatoms. The second-order valence-electron chi connectivity index (χ2n) is 10.3. The Morgan fingerprint density at radius 2 is 1.83 bits per heavy atom. The minimum Gasteiger partial charge on any atom is -0.313 e. The van der Waals surface area contributed by atoms with E-state index in [0.29, 0.717) is 16.5 Å². The van der Waals surface area contributed by atoms with Crippen LogP contribution in [-0.2, 0) is 23.1 Å². The molecule has 158 valence electrons. The first kappa shape index (κ1) is 22.3. The molecule has 30 heavy (non-hydrogen) atoms. The summed E-state index contributed by atoms with van der Waals surface area (Å²) in [6.45, 7) is 13.4. The summed E-state index contributed by atoms with van der Waals surface area (Å²) >= 11 is 1.57. The van der Waals surface area contributed by atoms with E-state index in [4.69, 9.17) is 0 Å². The third-order valence-electron chi connectivity index (χ3n) is 6.04. The highest BCUT2D eigenvalue weighted by atomic mass is 32.1. The first-order valence-electron chi connectivity index (χ1n) is 10.6. The largest absolute Gasteiger partial charge is 0.313 e. The minimum atomic E-state index is -0.197. The number of anilines is 1. The summed E-state index contributed by atoms with van der Waals surface area (Å²) in [5.41, 5.74) is 4.40. The smallest absolute Gasteiger partial charge is 0.249 e. The third-order valence-corrected chi connectivity index (χ3v) is 7.21. The van der Waals surface area contributed by atoms with Crippen LogP contribution < -0.4 is 5.32 Å². The van der Waals surface area contributed by atoms with E-state index < -0.39 is 0 Å². The molecule has 0 saturated carbocycles. The van der Waals surface area contributed by atoms with E-state index >= 15 is 0 Å². The Kier molecular flexibility index (Phi) is 6.24. The second-order valence-corrected chi connectivity index (χ2v) is 11.4. The number of amides is 1. The van der Waals surface area contributed by atoms with Gasteiger partial charge in [0.25, 0.3) is 0 Å². The van der Waals surface area contributed by atoms with Gasteiger partial charge in [0.15, 0.2) is 0 Å². The number of carbonyl (C=O) groups excluding carboxylic acids is 1. The van der Waals surface area contributed by atoms with E-state index in [9.17, 15) is 10.1 Å². The summed E-state index contributed by atoms with van der Waals surface area (Å²) in [6, 6.07) is 10.6. The minimum absolute atomic E-state index is 0.109. The number of hydrogen-bond acceptors (Lipinski definition) is 3. The van der Waals surface area contributed by atoms with Crippen molar-refractivity contribution in [1.82, 2.24) is 0 Å². The molecule has 1 atom stereocenters. The van der Waals surface area contributed by atoms with Crippen molar-refractivity contribution >= 4 is 28.3 Å². The van der Waals surface area contributed by atoms with Gasteiger partial charge in [-0.1, -0.05) is 65.8 Å². The van der Waals surface area contributed by atoms with Crippen molar-refractivity contribution in [1.29, 1.82) is 5.26 Å². The maximum Gasteiger partial charge on any atom is 0.249 e. The van der Waals surface area contributed by atoms with Crippen LogP contribution in [0.25, 0.3) is 6.08 Å². The standard InChI is InChI=1S/C26H32N2OS/c1-25(2,3)18-10-7-17(8-11-18)9-14-23(29)28-24-21(16-27)20-13-12-19(26(4,5)6)15-22(20)30-24/h7-11,14,19H,12-13,15H2,1-6H3,(H,28,29)/b14-9-/t19-/m0/s1. The summed E-state index contributed by atoms with van der Waals surface area (Å²) in [4.78, 5) is 13.8. The van der Waals surface area contributed by atoms with Crippen molar-refractivity contribution in [2.45, 2.75) is 66.2 Å². The molecule has 2 aromatic rings. The normalized spacial score (nSPS) is 16.9. The summed E-state index contributed by atoms with van der Waals surface area (Å²) < 4.78 is 0. The molecule has 1 aliphatic rings. The lowest BCUT2D eigenvalue weighted by molar-refractivity contribution is -0.111. The summed E-state index contributed by atoms with van der Waals surface area (Å²) in [6.07, 6.45) is 6.37. The highest BCUT2D eigenvalue weighted by molar-refractivity contribution is 7.16. The van der Waals surface area contributed by atoms with Crippen LogP contribution in [0.1, 0.15) is 75.1 Å². The fourth-order valence-corrected chi connectivity index (χ4v) is 5.23. The molecule has 1 aliphatic carbocycles. The Bertz CT molecular complexity index is 992. The van der Waals surface area contributed by atoms with Crippen LogP contribution in [-0.4, -0.2) is 5.91 Å². The van der Waals surface area contributed by atoms with Gasteiger partial charge in [0.05, 0.1) is 5.56 Å². The second kappa shape index (κ2) is 8.40. The first-order valence-corrected chi connectivity index (χ1v) is 11.4. The predicted molar refractivity (Wildman–Crippen MR) is 127 cm³/mol. The molecule has 1 amide bonds. The number of nitrogens with one attached hydrogen (secondary N) is 1. The molecule has 0 radical (unpaired) electrons. The van der Waals surface area contributed by atoms with Gasteiger partial charge in [-0.05, 0) is 58.8 Å². The Labute approximate surface area is 184 Å². The van der Waals surface area contributed by atoms with E-state index in [1.54, 1.807) is 17.4 Å². The van der Waals surface area contributed by atoms with Crippen molar-refractivity contribution in [3.63, 3.8) is 0 Å². The Hall–Kier alpha value is -2.38. The maximum atomic E-state index is 12.5. The molecule has 0 fully saturated rings. The SMILES string of the molecule is CC(C)(C)c1ccc(/C=C\C(=O)Nc2sc3c(c2C#N)CC[C@H](C(C)(C)C)C3)cc1. The van der Waals surface area contributed by atoms with Crippen LogP contribution in [0.2, 0.25) is 0 Å². The number of nitriles is 1. The van der Waals surface area contributed by atoms with Crippen LogP contribution >= 0.6 is 11.3 Å². The maximum absolute atomic E-state index is 12.5. The van der Waals surface area contributed by atoms with Crippen molar-refractivity contribution in [2.24, 2.45) is 11.3 Å². The van der Waals surface area contributed by atoms with Crippen molar-refractivity contribution < 1.29 is 4.79 Å². The highest BCUT2D eigenvalue weighted by Crippen LogP contribution is 2.44. The molecule has 1 N–H and O–H groups in total. The number of hydrogen-bond donors (Lipinski definition) is 1. The number of thiophene rings is 1. The van der Waals surface area contributed by atoms with Crippen molar-refractivity contribution in [2.75, 3.05) is 5.32 Å². The lowest BCUT2D eigenvalue weighted by Crippen LogP contribution is -2.26. The topological polar surface area (TPSA) is 52.9 Å². The number of nitrogens with zero attached hydrogens (tertiary/aromatic N) is 1. The zero-order valence-corrected chi connectivity index (χ0v) is 19.7. The molecular weight excluding hydrogens is 388 g/mol. The summed E-state index contributed by atoms with van der Waals surface area (Å²) in [5, 5.41) is 13.3.